The molecule has 7 heteroatoms. The number of hydrogen-bond donors (Lipinski definition) is 2. The van der Waals surface area contributed by atoms with E-state index < -0.39 is 11.6 Å². The topological polar surface area (TPSA) is 107 Å². The number of benzene rings is 2. The highest BCUT2D eigenvalue weighted by molar-refractivity contribution is 6.02. The molecule has 2 heterocycles. The van der Waals surface area contributed by atoms with Crippen LogP contribution in [0.2, 0.25) is 0 Å². The van der Waals surface area contributed by atoms with Gasteiger partial charge in [0.25, 0.3) is 5.91 Å². The molecule has 2 aromatic carbocycles. The molecule has 0 aliphatic heterocycles. The van der Waals surface area contributed by atoms with E-state index in [-0.39, 0.29) is 11.2 Å². The Bertz CT molecular complexity index is 1130. The van der Waals surface area contributed by atoms with Gasteiger partial charge in [0.05, 0.1) is 5.69 Å². The van der Waals surface area contributed by atoms with Crippen LogP contribution >= 0.6 is 0 Å². The number of fused-ring (bicyclic) bond motifs is 1. The summed E-state index contributed by atoms with van der Waals surface area (Å²) in [5, 5.41) is 0. The first-order valence-electron chi connectivity index (χ1n) is 7.58. The molecule has 3 N–H and O–H groups in total. The molecule has 25 heavy (non-hydrogen) atoms. The minimum Gasteiger partial charge on any atom is -0.364 e. The van der Waals surface area contributed by atoms with E-state index in [2.05, 4.69) is 15.0 Å². The van der Waals surface area contributed by atoms with Crippen molar-refractivity contribution < 1.29 is 4.79 Å². The monoisotopic (exact) mass is 331 g/mol. The Morgan fingerprint density at radius 1 is 0.960 bits per heavy atom. The maximum Gasteiger partial charge on any atom is 0.332 e. The van der Waals surface area contributed by atoms with Crippen molar-refractivity contribution in [2.45, 2.75) is 0 Å². The van der Waals surface area contributed by atoms with E-state index in [0.717, 1.165) is 5.56 Å². The molecule has 0 fully saturated rings. The third kappa shape index (κ3) is 2.47. The molecule has 0 aliphatic rings. The van der Waals surface area contributed by atoms with Crippen molar-refractivity contribution in [3.8, 4) is 17.1 Å². The van der Waals surface area contributed by atoms with Crippen LogP contribution in [0.15, 0.2) is 65.5 Å². The van der Waals surface area contributed by atoms with E-state index in [9.17, 15) is 9.59 Å². The van der Waals surface area contributed by atoms with Gasteiger partial charge in [-0.1, -0.05) is 48.5 Å². The lowest BCUT2D eigenvalue weighted by molar-refractivity contribution is 0.0997. The molecule has 1 amide bonds. The van der Waals surface area contributed by atoms with Crippen LogP contribution in [0.1, 0.15) is 10.5 Å². The summed E-state index contributed by atoms with van der Waals surface area (Å²) in [6, 6.07) is 18.2. The van der Waals surface area contributed by atoms with Crippen LogP contribution in [0, 0.1) is 0 Å². The second-order valence-corrected chi connectivity index (χ2v) is 5.43. The van der Waals surface area contributed by atoms with Gasteiger partial charge in [0.15, 0.2) is 17.2 Å². The van der Waals surface area contributed by atoms with Crippen molar-refractivity contribution >= 4 is 17.1 Å². The summed E-state index contributed by atoms with van der Waals surface area (Å²) in [5.41, 5.74) is 6.91. The van der Waals surface area contributed by atoms with Gasteiger partial charge in [-0.2, -0.15) is 0 Å². The number of nitrogens with zero attached hydrogens (tertiary/aromatic N) is 3. The number of H-pyrrole nitrogens is 1. The van der Waals surface area contributed by atoms with Gasteiger partial charge < -0.3 is 10.7 Å². The molecule has 0 bridgehead atoms. The Balaban J connectivity index is 2.09. The number of primary amides is 1. The van der Waals surface area contributed by atoms with Gasteiger partial charge in [0.1, 0.15) is 5.52 Å². The summed E-state index contributed by atoms with van der Waals surface area (Å²) >= 11 is 0. The first kappa shape index (κ1) is 14.8. The van der Waals surface area contributed by atoms with Gasteiger partial charge >= 0.3 is 5.69 Å². The summed E-state index contributed by atoms with van der Waals surface area (Å²) in [7, 11) is 0. The van der Waals surface area contributed by atoms with Crippen LogP contribution in [0.25, 0.3) is 28.2 Å². The number of aromatic amines is 1. The van der Waals surface area contributed by atoms with Crippen LogP contribution in [-0.4, -0.2) is 25.4 Å². The molecular weight excluding hydrogens is 318 g/mol. The summed E-state index contributed by atoms with van der Waals surface area (Å²) in [5.74, 6) is -0.406. The van der Waals surface area contributed by atoms with Gasteiger partial charge in [-0.25, -0.2) is 19.3 Å². The van der Waals surface area contributed by atoms with Gasteiger partial charge in [-0.05, 0) is 12.1 Å². The predicted molar refractivity (Wildman–Crippen MR) is 93.4 cm³/mol. The number of carbonyl (C=O) groups excluding carboxylic acids is 1. The zero-order chi connectivity index (χ0) is 17.4. The van der Waals surface area contributed by atoms with Crippen LogP contribution in [0.5, 0.6) is 0 Å². The van der Waals surface area contributed by atoms with Crippen molar-refractivity contribution in [1.82, 2.24) is 19.5 Å². The van der Waals surface area contributed by atoms with Crippen LogP contribution in [0.4, 0.5) is 0 Å². The van der Waals surface area contributed by atoms with Crippen molar-refractivity contribution in [2.75, 3.05) is 0 Å². The van der Waals surface area contributed by atoms with Crippen LogP contribution in [-0.2, 0) is 0 Å². The van der Waals surface area contributed by atoms with E-state index in [1.54, 1.807) is 12.1 Å². The zero-order valence-electron chi connectivity index (χ0n) is 13.0. The van der Waals surface area contributed by atoms with E-state index in [4.69, 9.17) is 5.73 Å². The molecule has 0 aliphatic carbocycles. The minimum absolute atomic E-state index is 0.0179. The van der Waals surface area contributed by atoms with Crippen LogP contribution < -0.4 is 11.4 Å². The van der Waals surface area contributed by atoms with Gasteiger partial charge in [0.2, 0.25) is 0 Å². The molecular formula is C18H13N5O2. The summed E-state index contributed by atoms with van der Waals surface area (Å²) in [6.45, 7) is 0. The van der Waals surface area contributed by atoms with E-state index in [1.807, 2.05) is 48.5 Å². The number of carbonyl (C=O) groups is 1. The molecule has 2 aromatic heterocycles. The average Bonchev–Trinajstić information content (AvgIpc) is 2.98. The highest BCUT2D eigenvalue weighted by Crippen LogP contribution is 2.21. The average molecular weight is 331 g/mol. The first-order valence-corrected chi connectivity index (χ1v) is 7.58. The third-order valence-electron chi connectivity index (χ3n) is 3.82. The number of nitrogens with two attached hydrogens (primary N) is 1. The van der Waals surface area contributed by atoms with Gasteiger partial charge in [0, 0.05) is 5.56 Å². The Hall–Kier alpha value is -3.74. The molecule has 4 rings (SSSR count). The number of aromatic nitrogens is 4. The molecule has 0 saturated carbocycles. The minimum atomic E-state index is -0.731. The van der Waals surface area contributed by atoms with Crippen molar-refractivity contribution in [3.05, 3.63) is 76.8 Å². The lowest BCUT2D eigenvalue weighted by atomic mass is 10.2. The van der Waals surface area contributed by atoms with E-state index in [0.29, 0.717) is 17.2 Å². The fourth-order valence-electron chi connectivity index (χ4n) is 2.70. The Kier molecular flexibility index (Phi) is 3.39. The second kappa shape index (κ2) is 5.72. The lowest BCUT2D eigenvalue weighted by Crippen LogP contribution is -2.15. The van der Waals surface area contributed by atoms with Crippen molar-refractivity contribution in [3.63, 3.8) is 0 Å². The largest absolute Gasteiger partial charge is 0.364 e. The Morgan fingerprint density at radius 2 is 1.60 bits per heavy atom. The number of rotatable bonds is 3. The number of para-hydroxylation sites is 1. The molecule has 7 nitrogen and oxygen atoms in total. The smallest absolute Gasteiger partial charge is 0.332 e. The maximum absolute atomic E-state index is 12.4. The summed E-state index contributed by atoms with van der Waals surface area (Å²) < 4.78 is 1.40. The number of nitrogens with one attached hydrogen (secondary N) is 1. The summed E-state index contributed by atoms with van der Waals surface area (Å²) in [6.07, 6.45) is 0. The lowest BCUT2D eigenvalue weighted by Gasteiger charge is -2.06. The molecule has 0 spiro atoms. The first-order chi connectivity index (χ1) is 12.1. The molecule has 122 valence electrons. The quantitative estimate of drug-likeness (QED) is 0.597. The fraction of sp³-hybridized carbons (Fsp3) is 0. The molecule has 0 atom stereocenters. The van der Waals surface area contributed by atoms with E-state index >= 15 is 0 Å². The molecule has 0 radical (unpaired) electrons. The molecule has 0 unspecified atom stereocenters. The SMILES string of the molecule is NC(=O)c1nc(-c2ccccc2)nc2c1[nH]c(=O)n2-c1ccccc1. The van der Waals surface area contributed by atoms with Crippen molar-refractivity contribution in [1.29, 1.82) is 0 Å². The second-order valence-electron chi connectivity index (χ2n) is 5.43. The van der Waals surface area contributed by atoms with Crippen molar-refractivity contribution in [2.24, 2.45) is 5.73 Å². The number of hydrogen-bond acceptors (Lipinski definition) is 4. The normalized spacial score (nSPS) is 10.9. The van der Waals surface area contributed by atoms with Gasteiger partial charge in [-0.3, -0.25) is 4.79 Å². The van der Waals surface area contributed by atoms with E-state index in [1.165, 1.54) is 4.57 Å². The predicted octanol–water partition coefficient (Wildman–Crippen LogP) is 1.87. The number of amides is 1. The summed E-state index contributed by atoms with van der Waals surface area (Å²) in [4.78, 5) is 35.7. The highest BCUT2D eigenvalue weighted by Gasteiger charge is 2.19. The van der Waals surface area contributed by atoms with Crippen LogP contribution in [0.3, 0.4) is 0 Å². The maximum atomic E-state index is 12.4. The standard InChI is InChI=1S/C18H13N5O2/c19-15(24)13-14-17(22-16(20-13)11-7-3-1-4-8-11)23(18(25)21-14)12-9-5-2-6-10-12/h1-10H,(H2,19,24)(H,21,25). The fourth-order valence-corrected chi connectivity index (χ4v) is 2.70. The highest BCUT2D eigenvalue weighted by atomic mass is 16.2. The Morgan fingerprint density at radius 3 is 2.24 bits per heavy atom. The van der Waals surface area contributed by atoms with Gasteiger partial charge in [-0.15, -0.1) is 0 Å². The Labute approximate surface area is 141 Å². The molecule has 4 aromatic rings. The molecule has 0 saturated heterocycles. The number of imidazole rings is 1. The third-order valence-corrected chi connectivity index (χ3v) is 3.82. The zero-order valence-corrected chi connectivity index (χ0v) is 13.0.